The molecule has 1 aromatic carbocycles. The fourth-order valence-corrected chi connectivity index (χ4v) is 1.78. The van der Waals surface area contributed by atoms with Crippen molar-refractivity contribution in [1.29, 1.82) is 0 Å². The van der Waals surface area contributed by atoms with Gasteiger partial charge in [0, 0.05) is 17.9 Å². The van der Waals surface area contributed by atoms with Crippen LogP contribution in [0.4, 0.5) is 11.5 Å². The molecule has 82 valence electrons. The van der Waals surface area contributed by atoms with E-state index in [1.807, 2.05) is 42.6 Å². The van der Waals surface area contributed by atoms with Crippen LogP contribution in [0.3, 0.4) is 0 Å². The second-order valence-corrected chi connectivity index (χ2v) is 3.99. The maximum absolute atomic E-state index is 4.40. The normalized spacial score (nSPS) is 10.4. The second kappa shape index (κ2) is 4.79. The molecular weight excluding hydrogens is 196 g/mol. The fourth-order valence-electron chi connectivity index (χ4n) is 1.78. The van der Waals surface area contributed by atoms with Gasteiger partial charge >= 0.3 is 0 Å². The summed E-state index contributed by atoms with van der Waals surface area (Å²) in [6.45, 7) is 4.34. The van der Waals surface area contributed by atoms with Crippen LogP contribution in [0.2, 0.25) is 0 Å². The number of aromatic nitrogens is 1. The van der Waals surface area contributed by atoms with E-state index in [9.17, 15) is 0 Å². The van der Waals surface area contributed by atoms with Crippen LogP contribution in [0.1, 0.15) is 13.8 Å². The number of para-hydroxylation sites is 1. The number of pyridine rings is 1. The van der Waals surface area contributed by atoms with E-state index in [-0.39, 0.29) is 0 Å². The van der Waals surface area contributed by atoms with E-state index in [1.165, 1.54) is 5.69 Å². The van der Waals surface area contributed by atoms with Crippen molar-refractivity contribution in [3.8, 4) is 0 Å². The van der Waals surface area contributed by atoms with Gasteiger partial charge in [-0.3, -0.25) is 0 Å². The van der Waals surface area contributed by atoms with E-state index < -0.39 is 0 Å². The van der Waals surface area contributed by atoms with Gasteiger partial charge in [-0.05, 0) is 38.1 Å². The molecule has 2 heteroatoms. The third-order valence-corrected chi connectivity index (χ3v) is 2.45. The molecule has 16 heavy (non-hydrogen) atoms. The van der Waals surface area contributed by atoms with E-state index in [0.717, 1.165) is 5.82 Å². The molecule has 2 nitrogen and oxygen atoms in total. The van der Waals surface area contributed by atoms with Gasteiger partial charge in [0.2, 0.25) is 0 Å². The van der Waals surface area contributed by atoms with Crippen LogP contribution in [0.25, 0.3) is 0 Å². The van der Waals surface area contributed by atoms with Gasteiger partial charge < -0.3 is 4.90 Å². The molecule has 1 aromatic heterocycles. The van der Waals surface area contributed by atoms with Gasteiger partial charge in [0.25, 0.3) is 0 Å². The highest BCUT2D eigenvalue weighted by Crippen LogP contribution is 2.25. The summed E-state index contributed by atoms with van der Waals surface area (Å²) in [5, 5.41) is 0. The number of anilines is 2. The Bertz CT molecular complexity index is 384. The predicted octanol–water partition coefficient (Wildman–Crippen LogP) is 3.63. The van der Waals surface area contributed by atoms with Crippen molar-refractivity contribution in [2.75, 3.05) is 4.90 Å². The standard InChI is InChI=1S/C14H16N2/c1-12(2)16(13-8-4-3-5-9-13)14-10-6-7-11-15-14/h3-12H,1-2H3. The van der Waals surface area contributed by atoms with Crippen molar-refractivity contribution < 1.29 is 0 Å². The Morgan fingerprint density at radius 3 is 2.19 bits per heavy atom. The molecule has 0 atom stereocenters. The van der Waals surface area contributed by atoms with Crippen LogP contribution < -0.4 is 4.90 Å². The molecule has 0 N–H and O–H groups in total. The lowest BCUT2D eigenvalue weighted by molar-refractivity contribution is 0.777. The Balaban J connectivity index is 2.40. The summed E-state index contributed by atoms with van der Waals surface area (Å²) in [5.41, 5.74) is 1.18. The third-order valence-electron chi connectivity index (χ3n) is 2.45. The van der Waals surface area contributed by atoms with Crippen molar-refractivity contribution in [1.82, 2.24) is 4.98 Å². The largest absolute Gasteiger partial charge is 0.324 e. The zero-order chi connectivity index (χ0) is 11.4. The third kappa shape index (κ3) is 2.22. The first-order valence-electron chi connectivity index (χ1n) is 5.54. The Hall–Kier alpha value is -1.83. The molecule has 0 bridgehead atoms. The summed E-state index contributed by atoms with van der Waals surface area (Å²) >= 11 is 0. The minimum atomic E-state index is 0.386. The van der Waals surface area contributed by atoms with Gasteiger partial charge in [-0.15, -0.1) is 0 Å². The highest BCUT2D eigenvalue weighted by atomic mass is 15.2. The molecule has 0 saturated heterocycles. The number of benzene rings is 1. The molecular formula is C14H16N2. The van der Waals surface area contributed by atoms with Crippen LogP contribution in [0.5, 0.6) is 0 Å². The van der Waals surface area contributed by atoms with Crippen molar-refractivity contribution >= 4 is 11.5 Å². The van der Waals surface area contributed by atoms with Gasteiger partial charge in [-0.25, -0.2) is 4.98 Å². The van der Waals surface area contributed by atoms with Crippen LogP contribution in [0.15, 0.2) is 54.7 Å². The van der Waals surface area contributed by atoms with Crippen molar-refractivity contribution in [3.05, 3.63) is 54.7 Å². The number of hydrogen-bond acceptors (Lipinski definition) is 2. The highest BCUT2D eigenvalue weighted by Gasteiger charge is 2.12. The molecule has 1 heterocycles. The zero-order valence-electron chi connectivity index (χ0n) is 9.67. The van der Waals surface area contributed by atoms with Crippen molar-refractivity contribution in [3.63, 3.8) is 0 Å². The average Bonchev–Trinajstić information content (AvgIpc) is 2.31. The summed E-state index contributed by atoms with van der Waals surface area (Å²) in [7, 11) is 0. The van der Waals surface area contributed by atoms with Gasteiger partial charge in [0.1, 0.15) is 5.82 Å². The van der Waals surface area contributed by atoms with Gasteiger partial charge in [-0.2, -0.15) is 0 Å². The molecule has 0 aliphatic heterocycles. The maximum atomic E-state index is 4.40. The van der Waals surface area contributed by atoms with E-state index in [1.54, 1.807) is 0 Å². The topological polar surface area (TPSA) is 16.1 Å². The minimum absolute atomic E-state index is 0.386. The number of rotatable bonds is 3. The maximum Gasteiger partial charge on any atom is 0.133 e. The first kappa shape index (κ1) is 10.7. The van der Waals surface area contributed by atoms with Crippen LogP contribution >= 0.6 is 0 Å². The Morgan fingerprint density at radius 2 is 1.62 bits per heavy atom. The quantitative estimate of drug-likeness (QED) is 0.772. The lowest BCUT2D eigenvalue weighted by Gasteiger charge is -2.27. The molecule has 0 unspecified atom stereocenters. The zero-order valence-corrected chi connectivity index (χ0v) is 9.67. The minimum Gasteiger partial charge on any atom is -0.324 e. The summed E-state index contributed by atoms with van der Waals surface area (Å²) in [6.07, 6.45) is 1.83. The van der Waals surface area contributed by atoms with E-state index in [4.69, 9.17) is 0 Å². The summed E-state index contributed by atoms with van der Waals surface area (Å²) in [6, 6.07) is 16.7. The monoisotopic (exact) mass is 212 g/mol. The Morgan fingerprint density at radius 1 is 0.938 bits per heavy atom. The van der Waals surface area contributed by atoms with Crippen LogP contribution in [-0.2, 0) is 0 Å². The Kier molecular flexibility index (Phi) is 3.20. The molecule has 2 rings (SSSR count). The van der Waals surface area contributed by atoms with Gasteiger partial charge in [-0.1, -0.05) is 24.3 Å². The lowest BCUT2D eigenvalue weighted by Crippen LogP contribution is -2.26. The van der Waals surface area contributed by atoms with Crippen LogP contribution in [0, 0.1) is 0 Å². The predicted molar refractivity (Wildman–Crippen MR) is 68.0 cm³/mol. The van der Waals surface area contributed by atoms with E-state index >= 15 is 0 Å². The highest BCUT2D eigenvalue weighted by molar-refractivity contribution is 5.60. The molecule has 0 amide bonds. The second-order valence-electron chi connectivity index (χ2n) is 3.99. The molecule has 0 radical (unpaired) electrons. The molecule has 0 saturated carbocycles. The van der Waals surface area contributed by atoms with Gasteiger partial charge in [0.05, 0.1) is 0 Å². The SMILES string of the molecule is CC(C)N(c1ccccc1)c1ccccn1. The van der Waals surface area contributed by atoms with Gasteiger partial charge in [0.15, 0.2) is 0 Å². The molecule has 0 aliphatic carbocycles. The smallest absolute Gasteiger partial charge is 0.133 e. The first-order valence-corrected chi connectivity index (χ1v) is 5.54. The van der Waals surface area contributed by atoms with Crippen molar-refractivity contribution in [2.45, 2.75) is 19.9 Å². The van der Waals surface area contributed by atoms with E-state index in [2.05, 4.69) is 35.9 Å². The molecule has 2 aromatic rings. The number of nitrogens with zero attached hydrogens (tertiary/aromatic N) is 2. The lowest BCUT2D eigenvalue weighted by atomic mass is 10.2. The summed E-state index contributed by atoms with van der Waals surface area (Å²) in [5.74, 6) is 0.990. The molecule has 0 fully saturated rings. The Labute approximate surface area is 96.6 Å². The number of hydrogen-bond donors (Lipinski definition) is 0. The van der Waals surface area contributed by atoms with E-state index in [0.29, 0.717) is 6.04 Å². The summed E-state index contributed by atoms with van der Waals surface area (Å²) in [4.78, 5) is 6.62. The average molecular weight is 212 g/mol. The first-order chi connectivity index (χ1) is 7.79. The molecule has 0 spiro atoms. The summed E-state index contributed by atoms with van der Waals surface area (Å²) < 4.78 is 0. The van der Waals surface area contributed by atoms with Crippen LogP contribution in [-0.4, -0.2) is 11.0 Å². The molecule has 0 aliphatic rings. The van der Waals surface area contributed by atoms with Crippen molar-refractivity contribution in [2.24, 2.45) is 0 Å². The fraction of sp³-hybridized carbons (Fsp3) is 0.214.